The molecule has 9 heteroatoms. The summed E-state index contributed by atoms with van der Waals surface area (Å²) in [4.78, 5) is 28.6. The van der Waals surface area contributed by atoms with Gasteiger partial charge in [0.15, 0.2) is 5.76 Å². The molecule has 0 saturated carbocycles. The van der Waals surface area contributed by atoms with E-state index in [0.717, 1.165) is 5.69 Å². The van der Waals surface area contributed by atoms with Gasteiger partial charge in [-0.2, -0.15) is 0 Å². The second kappa shape index (κ2) is 10.3. The Labute approximate surface area is 206 Å². The van der Waals surface area contributed by atoms with Crippen molar-refractivity contribution in [2.45, 2.75) is 0 Å². The predicted octanol–water partition coefficient (Wildman–Crippen LogP) is 5.85. The number of rotatable bonds is 5. The van der Waals surface area contributed by atoms with Crippen molar-refractivity contribution in [1.82, 2.24) is 4.90 Å². The van der Waals surface area contributed by atoms with Crippen LogP contribution >= 0.6 is 34.8 Å². The molecule has 0 radical (unpaired) electrons. The number of amides is 2. The van der Waals surface area contributed by atoms with Gasteiger partial charge in [-0.3, -0.25) is 9.59 Å². The highest BCUT2D eigenvalue weighted by Crippen LogP contribution is 2.30. The number of anilines is 2. The fourth-order valence-corrected chi connectivity index (χ4v) is 4.31. The zero-order valence-corrected chi connectivity index (χ0v) is 19.7. The zero-order valence-electron chi connectivity index (χ0n) is 17.4. The Balaban J connectivity index is 1.35. The van der Waals surface area contributed by atoms with E-state index in [9.17, 15) is 9.59 Å². The maximum atomic E-state index is 12.4. The predicted molar refractivity (Wildman–Crippen MR) is 132 cm³/mol. The van der Waals surface area contributed by atoms with Gasteiger partial charge in [0.25, 0.3) is 5.91 Å². The van der Waals surface area contributed by atoms with Gasteiger partial charge in [0.05, 0.1) is 17.0 Å². The second-order valence-electron chi connectivity index (χ2n) is 7.41. The van der Waals surface area contributed by atoms with Gasteiger partial charge in [0.2, 0.25) is 5.91 Å². The van der Waals surface area contributed by atoms with Crippen LogP contribution < -0.4 is 10.2 Å². The van der Waals surface area contributed by atoms with E-state index < -0.39 is 0 Å². The number of piperazine rings is 1. The molecule has 4 rings (SSSR count). The van der Waals surface area contributed by atoms with Crippen LogP contribution in [0.5, 0.6) is 0 Å². The van der Waals surface area contributed by atoms with E-state index in [-0.39, 0.29) is 11.8 Å². The largest absolute Gasteiger partial charge is 0.459 e. The zero-order chi connectivity index (χ0) is 23.4. The Morgan fingerprint density at radius 1 is 0.939 bits per heavy atom. The smallest absolute Gasteiger partial charge is 0.289 e. The number of benzene rings is 2. The number of carbonyl (C=O) groups is 2. The van der Waals surface area contributed by atoms with Crippen molar-refractivity contribution in [3.8, 4) is 0 Å². The molecule has 3 aromatic rings. The number of nitrogens with one attached hydrogen (secondary N) is 1. The van der Waals surface area contributed by atoms with E-state index >= 15 is 0 Å². The van der Waals surface area contributed by atoms with Gasteiger partial charge in [0.1, 0.15) is 0 Å². The molecule has 1 saturated heterocycles. The van der Waals surface area contributed by atoms with Crippen LogP contribution in [0, 0.1) is 0 Å². The molecule has 1 N–H and O–H groups in total. The van der Waals surface area contributed by atoms with Crippen LogP contribution in [0.2, 0.25) is 15.1 Å². The van der Waals surface area contributed by atoms with Crippen LogP contribution in [0.1, 0.15) is 16.1 Å². The molecule has 1 aliphatic heterocycles. The summed E-state index contributed by atoms with van der Waals surface area (Å²) in [7, 11) is 0. The monoisotopic (exact) mass is 503 g/mol. The quantitative estimate of drug-likeness (QED) is 0.442. The third kappa shape index (κ3) is 5.71. The van der Waals surface area contributed by atoms with Crippen molar-refractivity contribution >= 4 is 64.1 Å². The summed E-state index contributed by atoms with van der Waals surface area (Å²) < 4.78 is 5.20. The summed E-state index contributed by atoms with van der Waals surface area (Å²) in [5, 5.41) is 4.30. The molecule has 0 unspecified atom stereocenters. The topological polar surface area (TPSA) is 65.8 Å². The molecule has 33 heavy (non-hydrogen) atoms. The number of carbonyl (C=O) groups excluding carboxylic acids is 2. The second-order valence-corrected chi connectivity index (χ2v) is 8.66. The molecule has 0 spiro atoms. The van der Waals surface area contributed by atoms with Gasteiger partial charge in [0, 0.05) is 48.0 Å². The Bertz CT molecular complexity index is 1190. The molecule has 1 fully saturated rings. The summed E-state index contributed by atoms with van der Waals surface area (Å²) in [6, 6.07) is 13.8. The van der Waals surface area contributed by atoms with Crippen LogP contribution in [0.25, 0.3) is 6.08 Å². The van der Waals surface area contributed by atoms with Crippen molar-refractivity contribution in [3.63, 3.8) is 0 Å². The molecular formula is C24H20Cl3N3O3. The molecule has 1 aliphatic rings. The van der Waals surface area contributed by atoms with Gasteiger partial charge in [-0.15, -0.1) is 0 Å². The normalized spacial score (nSPS) is 14.0. The molecule has 170 valence electrons. The number of halogens is 3. The van der Waals surface area contributed by atoms with Crippen LogP contribution in [-0.4, -0.2) is 42.9 Å². The number of nitrogens with zero attached hydrogens (tertiary/aromatic N) is 2. The molecule has 0 aliphatic carbocycles. The van der Waals surface area contributed by atoms with Crippen LogP contribution in [0.3, 0.4) is 0 Å². The van der Waals surface area contributed by atoms with Gasteiger partial charge >= 0.3 is 0 Å². The molecule has 2 amide bonds. The summed E-state index contributed by atoms with van der Waals surface area (Å²) in [5.74, 6) is -0.0828. The molecule has 0 bridgehead atoms. The lowest BCUT2D eigenvalue weighted by molar-refractivity contribution is -0.111. The summed E-state index contributed by atoms with van der Waals surface area (Å²) in [6.45, 7) is 2.41. The highest BCUT2D eigenvalue weighted by atomic mass is 35.5. The molecule has 2 heterocycles. The van der Waals surface area contributed by atoms with Crippen molar-refractivity contribution in [3.05, 3.63) is 87.3 Å². The van der Waals surface area contributed by atoms with Crippen molar-refractivity contribution in [2.75, 3.05) is 36.4 Å². The lowest BCUT2D eigenvalue weighted by atomic mass is 10.2. The summed E-state index contributed by atoms with van der Waals surface area (Å²) in [5.41, 5.74) is 2.12. The highest BCUT2D eigenvalue weighted by Gasteiger charge is 2.24. The molecule has 0 atom stereocenters. The first-order valence-corrected chi connectivity index (χ1v) is 11.4. The van der Waals surface area contributed by atoms with Gasteiger partial charge in [-0.1, -0.05) is 40.9 Å². The maximum absolute atomic E-state index is 12.4. The summed E-state index contributed by atoms with van der Waals surface area (Å²) in [6.07, 6.45) is 4.51. The van der Waals surface area contributed by atoms with E-state index in [1.807, 2.05) is 6.07 Å². The average Bonchev–Trinajstić information content (AvgIpc) is 3.33. The van der Waals surface area contributed by atoms with Crippen molar-refractivity contribution < 1.29 is 14.0 Å². The van der Waals surface area contributed by atoms with Gasteiger partial charge in [-0.05, 0) is 54.1 Å². The van der Waals surface area contributed by atoms with Crippen LogP contribution in [0.4, 0.5) is 11.4 Å². The average molecular weight is 505 g/mol. The summed E-state index contributed by atoms with van der Waals surface area (Å²) >= 11 is 18.5. The lowest BCUT2D eigenvalue weighted by Crippen LogP contribution is -2.48. The fourth-order valence-electron chi connectivity index (χ4n) is 3.53. The molecular weight excluding hydrogens is 485 g/mol. The Kier molecular flexibility index (Phi) is 7.28. The van der Waals surface area contributed by atoms with Crippen LogP contribution in [-0.2, 0) is 4.79 Å². The SMILES string of the molecule is O=C(/C=C/c1ccc(Cl)cc1Cl)Nc1ccc(N2CCN(C(=O)c3ccco3)CC2)c(Cl)c1. The highest BCUT2D eigenvalue weighted by molar-refractivity contribution is 6.35. The van der Waals surface area contributed by atoms with Crippen molar-refractivity contribution in [1.29, 1.82) is 0 Å². The maximum Gasteiger partial charge on any atom is 0.289 e. The van der Waals surface area contributed by atoms with Crippen molar-refractivity contribution in [2.24, 2.45) is 0 Å². The standard InChI is InChI=1S/C24H20Cl3N3O3/c25-17-5-3-16(19(26)14-17)4-8-23(31)28-18-6-7-21(20(27)15-18)29-9-11-30(12-10-29)24(32)22-2-1-13-33-22/h1-8,13-15H,9-12H2,(H,28,31)/b8-4+. The Morgan fingerprint density at radius 2 is 1.73 bits per heavy atom. The first-order valence-electron chi connectivity index (χ1n) is 10.2. The number of hydrogen-bond donors (Lipinski definition) is 1. The first kappa shape index (κ1) is 23.2. The van der Waals surface area contributed by atoms with E-state index in [2.05, 4.69) is 10.2 Å². The third-order valence-electron chi connectivity index (χ3n) is 5.23. The minimum atomic E-state index is -0.310. The Morgan fingerprint density at radius 3 is 2.39 bits per heavy atom. The molecule has 6 nitrogen and oxygen atoms in total. The first-order chi connectivity index (χ1) is 15.9. The van der Waals surface area contributed by atoms with E-state index in [1.54, 1.807) is 53.4 Å². The Hall–Kier alpha value is -2.93. The molecule has 2 aromatic carbocycles. The minimum absolute atomic E-state index is 0.114. The van der Waals surface area contributed by atoms with Gasteiger partial charge in [-0.25, -0.2) is 0 Å². The van der Waals surface area contributed by atoms with E-state index in [1.165, 1.54) is 12.3 Å². The van der Waals surface area contributed by atoms with E-state index in [4.69, 9.17) is 39.2 Å². The number of furan rings is 1. The minimum Gasteiger partial charge on any atom is -0.459 e. The van der Waals surface area contributed by atoms with Gasteiger partial charge < -0.3 is 19.5 Å². The third-order valence-corrected chi connectivity index (χ3v) is 6.10. The lowest BCUT2D eigenvalue weighted by Gasteiger charge is -2.36. The number of hydrogen-bond acceptors (Lipinski definition) is 4. The van der Waals surface area contributed by atoms with Crippen LogP contribution in [0.15, 0.2) is 65.3 Å². The van der Waals surface area contributed by atoms with E-state index in [0.29, 0.717) is 58.3 Å². The fraction of sp³-hybridized carbons (Fsp3) is 0.167. The molecule has 1 aromatic heterocycles.